The Morgan fingerprint density at radius 2 is 0.850 bits per heavy atom. The van der Waals surface area contributed by atoms with Gasteiger partial charge in [0.1, 0.15) is 22.3 Å². The van der Waals surface area contributed by atoms with Crippen molar-refractivity contribution in [3.8, 4) is 62.5 Å². The second-order valence-corrected chi connectivity index (χ2v) is 15.1. The Morgan fingerprint density at radius 3 is 1.58 bits per heavy atom. The molecule has 0 radical (unpaired) electrons. The van der Waals surface area contributed by atoms with Gasteiger partial charge in [-0.3, -0.25) is 0 Å². The van der Waals surface area contributed by atoms with Crippen LogP contribution in [0.25, 0.3) is 122 Å². The maximum atomic E-state index is 9.42. The van der Waals surface area contributed by atoms with Gasteiger partial charge < -0.3 is 8.83 Å². The predicted molar refractivity (Wildman–Crippen MR) is 241 cm³/mol. The van der Waals surface area contributed by atoms with Crippen LogP contribution in [0.15, 0.2) is 191 Å². The Balaban J connectivity index is 1.02. The molecule has 278 valence electrons. The van der Waals surface area contributed by atoms with Crippen LogP contribution in [0, 0.1) is 11.3 Å². The third-order valence-electron chi connectivity index (χ3n) is 11.5. The third-order valence-corrected chi connectivity index (χ3v) is 11.5. The fourth-order valence-corrected chi connectivity index (χ4v) is 8.61. The first-order chi connectivity index (χ1) is 29.6. The molecule has 9 aromatic carbocycles. The second-order valence-electron chi connectivity index (χ2n) is 15.1. The monoisotopic (exact) mass is 766 g/mol. The summed E-state index contributed by atoms with van der Waals surface area (Å²) < 4.78 is 13.0. The van der Waals surface area contributed by atoms with Crippen LogP contribution in [-0.4, -0.2) is 15.0 Å². The Labute approximate surface area is 343 Å². The van der Waals surface area contributed by atoms with Crippen molar-refractivity contribution in [2.75, 3.05) is 0 Å². The molecule has 0 bridgehead atoms. The number of nitrogens with zero attached hydrogens (tertiary/aromatic N) is 4. The van der Waals surface area contributed by atoms with Gasteiger partial charge in [-0.25, -0.2) is 15.0 Å². The number of nitriles is 1. The van der Waals surface area contributed by atoms with Gasteiger partial charge >= 0.3 is 0 Å². The molecule has 12 aromatic rings. The summed E-state index contributed by atoms with van der Waals surface area (Å²) >= 11 is 0. The number of aromatic nitrogens is 3. The molecule has 6 nitrogen and oxygen atoms in total. The Hall–Kier alpha value is -8.40. The SMILES string of the molecule is N#Cc1cccc(-c2ccc(-c3ccc4c5ccc(-c6nc(-c7ccccc7)nc(-c7ccc8c(c7)oc7ccccc78)n6)cc5c5oc6ccccc6c5c4c3)cc2)c1. The van der Waals surface area contributed by atoms with Gasteiger partial charge in [0, 0.05) is 43.6 Å². The van der Waals surface area contributed by atoms with E-state index in [2.05, 4.69) is 97.1 Å². The summed E-state index contributed by atoms with van der Waals surface area (Å²) in [5.74, 6) is 1.71. The fraction of sp³-hybridized carbons (Fsp3) is 0. The van der Waals surface area contributed by atoms with Gasteiger partial charge in [0.2, 0.25) is 0 Å². The smallest absolute Gasteiger partial charge is 0.164 e. The maximum absolute atomic E-state index is 9.42. The van der Waals surface area contributed by atoms with Crippen molar-refractivity contribution < 1.29 is 8.83 Å². The number of hydrogen-bond acceptors (Lipinski definition) is 6. The normalized spacial score (nSPS) is 11.7. The molecule has 0 aliphatic heterocycles. The van der Waals surface area contributed by atoms with E-state index in [1.807, 2.05) is 91.0 Å². The summed E-state index contributed by atoms with van der Waals surface area (Å²) in [5.41, 5.74) is 10.8. The van der Waals surface area contributed by atoms with Crippen molar-refractivity contribution in [3.05, 3.63) is 188 Å². The molecule has 0 atom stereocenters. The van der Waals surface area contributed by atoms with Crippen LogP contribution in [0.1, 0.15) is 5.56 Å². The average molecular weight is 767 g/mol. The van der Waals surface area contributed by atoms with E-state index in [9.17, 15) is 5.26 Å². The number of benzene rings is 9. The van der Waals surface area contributed by atoms with E-state index in [0.29, 0.717) is 23.0 Å². The van der Waals surface area contributed by atoms with E-state index in [-0.39, 0.29) is 0 Å². The lowest BCUT2D eigenvalue weighted by Gasteiger charge is -2.12. The first-order valence-electron chi connectivity index (χ1n) is 19.8. The van der Waals surface area contributed by atoms with Crippen molar-refractivity contribution in [2.45, 2.75) is 0 Å². The number of hydrogen-bond donors (Lipinski definition) is 0. The third kappa shape index (κ3) is 5.45. The first-order valence-corrected chi connectivity index (χ1v) is 19.8. The molecule has 6 heteroatoms. The second kappa shape index (κ2) is 13.3. The van der Waals surface area contributed by atoms with Gasteiger partial charge in [0.25, 0.3) is 0 Å². The van der Waals surface area contributed by atoms with Gasteiger partial charge in [-0.15, -0.1) is 0 Å². The number of rotatable bonds is 5. The summed E-state index contributed by atoms with van der Waals surface area (Å²) in [6, 6.07) is 64.1. The summed E-state index contributed by atoms with van der Waals surface area (Å²) in [7, 11) is 0. The minimum atomic E-state index is 0.560. The molecule has 0 amide bonds. The van der Waals surface area contributed by atoms with Crippen molar-refractivity contribution in [2.24, 2.45) is 0 Å². The highest BCUT2D eigenvalue weighted by Crippen LogP contribution is 2.43. The fourth-order valence-electron chi connectivity index (χ4n) is 8.61. The molecule has 60 heavy (non-hydrogen) atoms. The molecular weight excluding hydrogens is 737 g/mol. The lowest BCUT2D eigenvalue weighted by molar-refractivity contribution is 0.669. The summed E-state index contributed by atoms with van der Waals surface area (Å²) in [5, 5.41) is 18.0. The lowest BCUT2D eigenvalue weighted by Crippen LogP contribution is -2.00. The van der Waals surface area contributed by atoms with Gasteiger partial charge in [-0.05, 0) is 86.9 Å². The zero-order valence-electron chi connectivity index (χ0n) is 31.9. The molecule has 0 fully saturated rings. The number of furan rings is 2. The summed E-state index contributed by atoms with van der Waals surface area (Å²) in [4.78, 5) is 15.2. The molecule has 0 unspecified atom stereocenters. The molecule has 0 aliphatic rings. The minimum Gasteiger partial charge on any atom is -0.456 e. The topological polar surface area (TPSA) is 88.7 Å². The van der Waals surface area contributed by atoms with Crippen LogP contribution in [0.3, 0.4) is 0 Å². The number of fused-ring (bicyclic) bond motifs is 11. The van der Waals surface area contributed by atoms with E-state index in [0.717, 1.165) is 104 Å². The zero-order valence-corrected chi connectivity index (χ0v) is 31.9. The highest BCUT2D eigenvalue weighted by atomic mass is 16.3. The van der Waals surface area contributed by atoms with Crippen molar-refractivity contribution in [1.82, 2.24) is 15.0 Å². The molecular formula is C54H30N4O2. The highest BCUT2D eigenvalue weighted by Gasteiger charge is 2.20. The quantitative estimate of drug-likeness (QED) is 0.162. The van der Waals surface area contributed by atoms with Gasteiger partial charge in [-0.2, -0.15) is 5.26 Å². The predicted octanol–water partition coefficient (Wildman–Crippen LogP) is 14.2. The Bertz CT molecular complexity index is 3730. The Morgan fingerprint density at radius 1 is 0.333 bits per heavy atom. The van der Waals surface area contributed by atoms with E-state index in [4.69, 9.17) is 23.8 Å². The zero-order chi connectivity index (χ0) is 39.7. The van der Waals surface area contributed by atoms with Crippen molar-refractivity contribution >= 4 is 65.4 Å². The summed E-state index contributed by atoms with van der Waals surface area (Å²) in [6.07, 6.45) is 0. The van der Waals surface area contributed by atoms with Gasteiger partial charge in [0.05, 0.1) is 11.6 Å². The minimum absolute atomic E-state index is 0.560. The molecule has 3 heterocycles. The van der Waals surface area contributed by atoms with Crippen LogP contribution >= 0.6 is 0 Å². The van der Waals surface area contributed by atoms with Crippen molar-refractivity contribution in [1.29, 1.82) is 5.26 Å². The molecule has 0 saturated carbocycles. The van der Waals surface area contributed by atoms with Gasteiger partial charge in [-0.1, -0.05) is 133 Å². The van der Waals surface area contributed by atoms with Crippen LogP contribution in [-0.2, 0) is 0 Å². The van der Waals surface area contributed by atoms with Crippen LogP contribution in [0.5, 0.6) is 0 Å². The van der Waals surface area contributed by atoms with Crippen LogP contribution in [0.4, 0.5) is 0 Å². The standard InChI is InChI=1S/C54H30N4O2/c55-31-32-9-8-12-36(27-32)33-17-19-34(20-18-33)37-21-24-40-41-25-22-38(29-46(41)51-50(45(40)28-37)44-14-5-7-16-48(44)60-51)53-56-52(35-10-2-1-3-11-35)57-54(58-53)39-23-26-43-42-13-4-6-15-47(42)59-49(43)30-39/h1-30H. The summed E-state index contributed by atoms with van der Waals surface area (Å²) in [6.45, 7) is 0. The first kappa shape index (κ1) is 33.7. The van der Waals surface area contributed by atoms with E-state index >= 15 is 0 Å². The maximum Gasteiger partial charge on any atom is 0.164 e. The molecule has 0 aliphatic carbocycles. The van der Waals surface area contributed by atoms with E-state index < -0.39 is 0 Å². The molecule has 0 N–H and O–H groups in total. The molecule has 3 aromatic heterocycles. The van der Waals surface area contributed by atoms with Crippen LogP contribution < -0.4 is 0 Å². The Kier molecular flexibility index (Phi) is 7.50. The van der Waals surface area contributed by atoms with Crippen molar-refractivity contribution in [3.63, 3.8) is 0 Å². The average Bonchev–Trinajstić information content (AvgIpc) is 3.90. The van der Waals surface area contributed by atoms with E-state index in [1.165, 1.54) is 0 Å². The molecule has 12 rings (SSSR count). The van der Waals surface area contributed by atoms with E-state index in [1.54, 1.807) is 0 Å². The molecule has 0 saturated heterocycles. The lowest BCUT2D eigenvalue weighted by atomic mass is 9.92. The molecule has 0 spiro atoms. The number of para-hydroxylation sites is 2. The largest absolute Gasteiger partial charge is 0.456 e. The highest BCUT2D eigenvalue weighted by molar-refractivity contribution is 6.30. The van der Waals surface area contributed by atoms with Crippen LogP contribution in [0.2, 0.25) is 0 Å². The van der Waals surface area contributed by atoms with Gasteiger partial charge in [0.15, 0.2) is 17.5 Å².